The molecule has 0 radical (unpaired) electrons. The first-order valence-electron chi connectivity index (χ1n) is 6.45. The Hall–Kier alpha value is -1.59. The summed E-state index contributed by atoms with van der Waals surface area (Å²) in [5, 5.41) is 12.5. The number of carbonyl (C=O) groups is 1. The van der Waals surface area contributed by atoms with E-state index in [2.05, 4.69) is 21.9 Å². The second-order valence-electron chi connectivity index (χ2n) is 4.83. The second-order valence-corrected chi connectivity index (χ2v) is 4.83. The predicted octanol–water partition coefficient (Wildman–Crippen LogP) is 0.632. The molecule has 0 bridgehead atoms. The van der Waals surface area contributed by atoms with Crippen molar-refractivity contribution in [1.82, 2.24) is 5.32 Å². The first kappa shape index (κ1) is 13.8. The van der Waals surface area contributed by atoms with Crippen molar-refractivity contribution in [3.63, 3.8) is 0 Å². The molecule has 1 aromatic rings. The molecule has 0 aliphatic carbocycles. The number of rotatable bonds is 3. The molecule has 1 aliphatic heterocycles. The number of aliphatic hydroxyl groups is 1. The van der Waals surface area contributed by atoms with Gasteiger partial charge in [-0.3, -0.25) is 0 Å². The van der Waals surface area contributed by atoms with E-state index in [0.29, 0.717) is 11.6 Å². The van der Waals surface area contributed by atoms with Crippen molar-refractivity contribution in [3.8, 4) is 0 Å². The number of methoxy groups -OCH3 is 1. The molecular formula is C14H20N2O3. The Morgan fingerprint density at radius 2 is 2.16 bits per heavy atom. The van der Waals surface area contributed by atoms with E-state index in [0.717, 1.165) is 18.8 Å². The zero-order valence-corrected chi connectivity index (χ0v) is 11.3. The smallest absolute Gasteiger partial charge is 0.337 e. The van der Waals surface area contributed by atoms with Gasteiger partial charge in [0.2, 0.25) is 0 Å². The van der Waals surface area contributed by atoms with E-state index in [4.69, 9.17) is 0 Å². The van der Waals surface area contributed by atoms with Gasteiger partial charge in [0.05, 0.1) is 19.3 Å². The van der Waals surface area contributed by atoms with Crippen LogP contribution in [0.5, 0.6) is 0 Å². The number of piperazine rings is 1. The molecule has 1 saturated heterocycles. The lowest BCUT2D eigenvalue weighted by atomic mass is 10.1. The summed E-state index contributed by atoms with van der Waals surface area (Å²) < 4.78 is 4.68. The highest BCUT2D eigenvalue weighted by molar-refractivity contribution is 5.89. The van der Waals surface area contributed by atoms with Crippen LogP contribution in [0, 0.1) is 0 Å². The molecule has 2 atom stereocenters. The van der Waals surface area contributed by atoms with Crippen LogP contribution < -0.4 is 10.2 Å². The summed E-state index contributed by atoms with van der Waals surface area (Å²) in [4.78, 5) is 13.6. The molecule has 19 heavy (non-hydrogen) atoms. The molecule has 2 unspecified atom stereocenters. The van der Waals surface area contributed by atoms with Crippen LogP contribution in [0.1, 0.15) is 17.3 Å². The largest absolute Gasteiger partial charge is 0.465 e. The molecule has 2 rings (SSSR count). The van der Waals surface area contributed by atoms with Crippen molar-refractivity contribution in [2.75, 3.05) is 31.7 Å². The summed E-state index contributed by atoms with van der Waals surface area (Å²) >= 11 is 0. The van der Waals surface area contributed by atoms with Crippen LogP contribution in [-0.2, 0) is 4.74 Å². The number of nitrogens with zero attached hydrogens (tertiary/aromatic N) is 1. The molecule has 0 aromatic heterocycles. The fraction of sp³-hybridized carbons (Fsp3) is 0.500. The molecule has 0 amide bonds. The standard InChI is InChI=1S/C14H20N2O3/c1-10-7-15-12(9-17)8-16(10)13-5-3-11(4-6-13)14(18)19-2/h3-6,10,12,15,17H,7-9H2,1-2H3. The Balaban J connectivity index is 2.14. The van der Waals surface area contributed by atoms with Gasteiger partial charge in [-0.25, -0.2) is 4.79 Å². The van der Waals surface area contributed by atoms with Gasteiger partial charge in [-0.2, -0.15) is 0 Å². The second kappa shape index (κ2) is 6.04. The molecule has 2 N–H and O–H groups in total. The summed E-state index contributed by atoms with van der Waals surface area (Å²) in [6.45, 7) is 3.86. The Labute approximate surface area is 113 Å². The van der Waals surface area contributed by atoms with Crippen LogP contribution in [0.25, 0.3) is 0 Å². The number of carbonyl (C=O) groups excluding carboxylic acids is 1. The zero-order chi connectivity index (χ0) is 13.8. The first-order chi connectivity index (χ1) is 9.15. The number of hydrogen-bond donors (Lipinski definition) is 2. The van der Waals surface area contributed by atoms with E-state index in [1.165, 1.54) is 7.11 Å². The SMILES string of the molecule is COC(=O)c1ccc(N2CC(CO)NCC2C)cc1. The van der Waals surface area contributed by atoms with Gasteiger partial charge in [-0.15, -0.1) is 0 Å². The van der Waals surface area contributed by atoms with Gasteiger partial charge in [-0.1, -0.05) is 0 Å². The van der Waals surface area contributed by atoms with Crippen LogP contribution in [0.4, 0.5) is 5.69 Å². The van der Waals surface area contributed by atoms with Crippen molar-refractivity contribution < 1.29 is 14.6 Å². The highest BCUT2D eigenvalue weighted by Gasteiger charge is 2.24. The Kier molecular flexibility index (Phi) is 4.39. The van der Waals surface area contributed by atoms with E-state index >= 15 is 0 Å². The Bertz CT molecular complexity index is 433. The fourth-order valence-corrected chi connectivity index (χ4v) is 2.32. The number of ether oxygens (including phenoxy) is 1. The van der Waals surface area contributed by atoms with E-state index in [1.807, 2.05) is 12.1 Å². The lowest BCUT2D eigenvalue weighted by Crippen LogP contribution is -2.56. The third kappa shape index (κ3) is 3.05. The van der Waals surface area contributed by atoms with Crippen molar-refractivity contribution in [2.45, 2.75) is 19.0 Å². The number of esters is 1. The zero-order valence-electron chi connectivity index (χ0n) is 11.3. The fourth-order valence-electron chi connectivity index (χ4n) is 2.32. The highest BCUT2D eigenvalue weighted by atomic mass is 16.5. The lowest BCUT2D eigenvalue weighted by Gasteiger charge is -2.39. The van der Waals surface area contributed by atoms with Gasteiger partial charge >= 0.3 is 5.97 Å². The van der Waals surface area contributed by atoms with Gasteiger partial charge in [0, 0.05) is 30.9 Å². The summed E-state index contributed by atoms with van der Waals surface area (Å²) in [6.07, 6.45) is 0. The van der Waals surface area contributed by atoms with E-state index in [1.54, 1.807) is 12.1 Å². The number of aliphatic hydroxyl groups excluding tert-OH is 1. The molecule has 5 heteroatoms. The first-order valence-corrected chi connectivity index (χ1v) is 6.45. The molecule has 1 fully saturated rings. The Morgan fingerprint density at radius 3 is 2.74 bits per heavy atom. The summed E-state index contributed by atoms with van der Waals surface area (Å²) in [6, 6.07) is 7.82. The molecule has 1 aliphatic rings. The molecule has 1 aromatic carbocycles. The predicted molar refractivity (Wildman–Crippen MR) is 73.5 cm³/mol. The summed E-state index contributed by atoms with van der Waals surface area (Å²) in [5.74, 6) is -0.326. The number of benzene rings is 1. The van der Waals surface area contributed by atoms with Crippen LogP contribution in [-0.4, -0.2) is 50.0 Å². The highest BCUT2D eigenvalue weighted by Crippen LogP contribution is 2.20. The monoisotopic (exact) mass is 264 g/mol. The maximum absolute atomic E-state index is 11.4. The maximum atomic E-state index is 11.4. The average Bonchev–Trinajstić information content (AvgIpc) is 2.47. The Morgan fingerprint density at radius 1 is 1.47 bits per heavy atom. The van der Waals surface area contributed by atoms with Gasteiger partial charge < -0.3 is 20.1 Å². The lowest BCUT2D eigenvalue weighted by molar-refractivity contribution is 0.0601. The minimum atomic E-state index is -0.326. The topological polar surface area (TPSA) is 61.8 Å². The number of hydrogen-bond acceptors (Lipinski definition) is 5. The molecule has 5 nitrogen and oxygen atoms in total. The molecule has 104 valence electrons. The van der Waals surface area contributed by atoms with Gasteiger partial charge in [0.25, 0.3) is 0 Å². The maximum Gasteiger partial charge on any atom is 0.337 e. The minimum absolute atomic E-state index is 0.0940. The van der Waals surface area contributed by atoms with Gasteiger partial charge in [-0.05, 0) is 31.2 Å². The quantitative estimate of drug-likeness (QED) is 0.784. The third-order valence-corrected chi connectivity index (χ3v) is 3.49. The van der Waals surface area contributed by atoms with Crippen molar-refractivity contribution in [2.24, 2.45) is 0 Å². The van der Waals surface area contributed by atoms with Crippen molar-refractivity contribution >= 4 is 11.7 Å². The molecule has 0 saturated carbocycles. The molecular weight excluding hydrogens is 244 g/mol. The normalized spacial score (nSPS) is 23.2. The van der Waals surface area contributed by atoms with Gasteiger partial charge in [0.1, 0.15) is 0 Å². The minimum Gasteiger partial charge on any atom is -0.465 e. The van der Waals surface area contributed by atoms with Crippen LogP contribution in [0.15, 0.2) is 24.3 Å². The van der Waals surface area contributed by atoms with E-state index in [-0.39, 0.29) is 18.6 Å². The molecule has 0 spiro atoms. The van der Waals surface area contributed by atoms with Crippen molar-refractivity contribution in [3.05, 3.63) is 29.8 Å². The molecule has 1 heterocycles. The average molecular weight is 264 g/mol. The third-order valence-electron chi connectivity index (χ3n) is 3.49. The number of nitrogens with one attached hydrogen (secondary N) is 1. The van der Waals surface area contributed by atoms with E-state index in [9.17, 15) is 9.90 Å². The summed E-state index contributed by atoms with van der Waals surface area (Å²) in [7, 11) is 1.38. The number of anilines is 1. The van der Waals surface area contributed by atoms with Crippen LogP contribution >= 0.6 is 0 Å². The van der Waals surface area contributed by atoms with Crippen molar-refractivity contribution in [1.29, 1.82) is 0 Å². The van der Waals surface area contributed by atoms with Crippen LogP contribution in [0.3, 0.4) is 0 Å². The van der Waals surface area contributed by atoms with Gasteiger partial charge in [0.15, 0.2) is 0 Å². The van der Waals surface area contributed by atoms with Crippen LogP contribution in [0.2, 0.25) is 0 Å². The van der Waals surface area contributed by atoms with E-state index < -0.39 is 0 Å². The summed E-state index contributed by atoms with van der Waals surface area (Å²) in [5.41, 5.74) is 1.60.